The SMILES string of the molecule is CCCCCCCCC/C=C\CCCCCCCC(=O)OC(COC(=O)CCCCCCCCCCC)COP(=O)(O)O. The number of hydrogen-bond donors (Lipinski definition) is 2. The molecule has 0 bridgehead atoms. The van der Waals surface area contributed by atoms with Crippen molar-refractivity contribution in [2.75, 3.05) is 13.2 Å². The molecule has 0 aromatic carbocycles. The number of carbonyl (C=O) groups is 2. The molecule has 0 fully saturated rings. The fraction of sp³-hybridized carbons (Fsp3) is 0.882. The molecule has 1 atom stereocenters. The minimum absolute atomic E-state index is 0.206. The van der Waals surface area contributed by atoms with E-state index in [9.17, 15) is 14.2 Å². The summed E-state index contributed by atoms with van der Waals surface area (Å²) < 4.78 is 26.2. The molecule has 0 saturated carbocycles. The maximum Gasteiger partial charge on any atom is 0.469 e. The van der Waals surface area contributed by atoms with E-state index in [0.29, 0.717) is 6.42 Å². The van der Waals surface area contributed by atoms with Crippen molar-refractivity contribution < 1.29 is 37.9 Å². The monoisotopic (exact) mass is 632 g/mol. The molecule has 0 aliphatic heterocycles. The van der Waals surface area contributed by atoms with E-state index < -0.39 is 32.5 Å². The van der Waals surface area contributed by atoms with Gasteiger partial charge in [0.1, 0.15) is 6.61 Å². The van der Waals surface area contributed by atoms with E-state index in [4.69, 9.17) is 19.3 Å². The van der Waals surface area contributed by atoms with E-state index >= 15 is 0 Å². The third-order valence-corrected chi connectivity index (χ3v) is 8.02. The molecule has 0 rings (SSSR count). The number of allylic oxidation sites excluding steroid dienone is 2. The van der Waals surface area contributed by atoms with Gasteiger partial charge in [0.05, 0.1) is 6.61 Å². The smallest absolute Gasteiger partial charge is 0.462 e. The molecule has 8 nitrogen and oxygen atoms in total. The summed E-state index contributed by atoms with van der Waals surface area (Å²) in [5, 5.41) is 0. The second-order valence-electron chi connectivity index (χ2n) is 11.8. The van der Waals surface area contributed by atoms with E-state index in [0.717, 1.165) is 51.4 Å². The van der Waals surface area contributed by atoms with Crippen LogP contribution in [0.15, 0.2) is 12.2 Å². The van der Waals surface area contributed by atoms with Crippen molar-refractivity contribution in [2.24, 2.45) is 0 Å². The van der Waals surface area contributed by atoms with Crippen LogP contribution in [0.4, 0.5) is 0 Å². The molecule has 0 aliphatic rings. The number of phosphoric ester groups is 1. The molecule has 0 aromatic rings. The summed E-state index contributed by atoms with van der Waals surface area (Å²) in [7, 11) is -4.74. The first-order valence-electron chi connectivity index (χ1n) is 17.5. The zero-order valence-electron chi connectivity index (χ0n) is 27.6. The molecule has 0 amide bonds. The Morgan fingerprint density at radius 2 is 0.977 bits per heavy atom. The summed E-state index contributed by atoms with van der Waals surface area (Å²) >= 11 is 0. The zero-order chi connectivity index (χ0) is 31.9. The highest BCUT2D eigenvalue weighted by Crippen LogP contribution is 2.36. The maximum atomic E-state index is 12.3. The summed E-state index contributed by atoms with van der Waals surface area (Å²) in [6.45, 7) is 3.64. The minimum atomic E-state index is -4.74. The normalized spacial score (nSPS) is 12.6. The predicted octanol–water partition coefficient (Wildman–Crippen LogP) is 9.90. The lowest BCUT2D eigenvalue weighted by Crippen LogP contribution is -2.29. The van der Waals surface area contributed by atoms with Crippen LogP contribution in [-0.4, -0.2) is 41.0 Å². The second kappa shape index (κ2) is 30.8. The van der Waals surface area contributed by atoms with Crippen molar-refractivity contribution in [3.8, 4) is 0 Å². The highest BCUT2D eigenvalue weighted by atomic mass is 31.2. The first kappa shape index (κ1) is 41.8. The van der Waals surface area contributed by atoms with E-state index in [1.165, 1.54) is 89.9 Å². The van der Waals surface area contributed by atoms with Crippen LogP contribution in [-0.2, 0) is 28.2 Å². The second-order valence-corrected chi connectivity index (χ2v) is 13.1. The van der Waals surface area contributed by atoms with Crippen LogP contribution in [0.1, 0.15) is 174 Å². The van der Waals surface area contributed by atoms with Gasteiger partial charge in [-0.25, -0.2) is 4.57 Å². The molecular formula is C34H65O8P. The lowest BCUT2D eigenvalue weighted by Gasteiger charge is -2.18. The van der Waals surface area contributed by atoms with Crippen LogP contribution in [0.5, 0.6) is 0 Å². The third-order valence-electron chi connectivity index (χ3n) is 7.53. The Labute approximate surface area is 263 Å². The topological polar surface area (TPSA) is 119 Å². The van der Waals surface area contributed by atoms with Gasteiger partial charge in [0.15, 0.2) is 6.10 Å². The van der Waals surface area contributed by atoms with Crippen molar-refractivity contribution in [2.45, 2.75) is 180 Å². The van der Waals surface area contributed by atoms with Crippen LogP contribution >= 0.6 is 7.82 Å². The number of carbonyl (C=O) groups excluding carboxylic acids is 2. The standard InChI is InChI=1S/C34H65O8P/c1-3-5-7-9-11-13-14-15-16-17-18-19-21-23-25-27-29-34(36)42-32(31-41-43(37,38)39)30-40-33(35)28-26-24-22-20-12-10-8-6-4-2/h16-17,32H,3-15,18-31H2,1-2H3,(H2,37,38,39)/b17-16-. The molecule has 9 heteroatoms. The number of hydrogen-bond acceptors (Lipinski definition) is 6. The van der Waals surface area contributed by atoms with Crippen molar-refractivity contribution in [1.82, 2.24) is 0 Å². The molecular weight excluding hydrogens is 567 g/mol. The average Bonchev–Trinajstić information content (AvgIpc) is 2.97. The Kier molecular flexibility index (Phi) is 29.9. The van der Waals surface area contributed by atoms with E-state index in [1.54, 1.807) is 0 Å². The fourth-order valence-electron chi connectivity index (χ4n) is 4.90. The summed E-state index contributed by atoms with van der Waals surface area (Å²) in [6.07, 6.45) is 30.8. The molecule has 0 spiro atoms. The molecule has 254 valence electrons. The van der Waals surface area contributed by atoms with Crippen LogP contribution in [0.25, 0.3) is 0 Å². The van der Waals surface area contributed by atoms with Crippen molar-refractivity contribution >= 4 is 19.8 Å². The van der Waals surface area contributed by atoms with Gasteiger partial charge in [0.25, 0.3) is 0 Å². The summed E-state index contributed by atoms with van der Waals surface area (Å²) in [4.78, 5) is 42.5. The van der Waals surface area contributed by atoms with Crippen LogP contribution in [0, 0.1) is 0 Å². The lowest BCUT2D eigenvalue weighted by molar-refractivity contribution is -0.161. The number of rotatable bonds is 32. The number of phosphoric acid groups is 1. The van der Waals surface area contributed by atoms with Gasteiger partial charge in [-0.15, -0.1) is 0 Å². The van der Waals surface area contributed by atoms with Crippen LogP contribution < -0.4 is 0 Å². The minimum Gasteiger partial charge on any atom is -0.462 e. The Bertz CT molecular complexity index is 721. The highest BCUT2D eigenvalue weighted by Gasteiger charge is 2.22. The first-order valence-corrected chi connectivity index (χ1v) is 19.0. The van der Waals surface area contributed by atoms with E-state index in [2.05, 4.69) is 30.5 Å². The molecule has 43 heavy (non-hydrogen) atoms. The molecule has 0 heterocycles. The van der Waals surface area contributed by atoms with Crippen molar-refractivity contribution in [3.05, 3.63) is 12.2 Å². The van der Waals surface area contributed by atoms with Gasteiger partial charge in [-0.3, -0.25) is 14.1 Å². The summed E-state index contributed by atoms with van der Waals surface area (Å²) in [5.74, 6) is -0.893. The average molecular weight is 633 g/mol. The maximum absolute atomic E-state index is 12.3. The van der Waals surface area contributed by atoms with Crippen molar-refractivity contribution in [1.29, 1.82) is 0 Å². The van der Waals surface area contributed by atoms with Crippen LogP contribution in [0.3, 0.4) is 0 Å². The number of esters is 2. The van der Waals surface area contributed by atoms with Crippen LogP contribution in [0.2, 0.25) is 0 Å². The lowest BCUT2D eigenvalue weighted by atomic mass is 10.1. The highest BCUT2D eigenvalue weighted by molar-refractivity contribution is 7.46. The van der Waals surface area contributed by atoms with Gasteiger partial charge in [-0.1, -0.05) is 135 Å². The number of ether oxygens (including phenoxy) is 2. The fourth-order valence-corrected chi connectivity index (χ4v) is 5.26. The summed E-state index contributed by atoms with van der Waals surface area (Å²) in [6, 6.07) is 0. The number of unbranched alkanes of at least 4 members (excludes halogenated alkanes) is 20. The van der Waals surface area contributed by atoms with Gasteiger partial charge in [-0.05, 0) is 38.5 Å². The van der Waals surface area contributed by atoms with Crippen molar-refractivity contribution in [3.63, 3.8) is 0 Å². The van der Waals surface area contributed by atoms with E-state index in [-0.39, 0.29) is 19.4 Å². The van der Waals surface area contributed by atoms with Gasteiger partial charge < -0.3 is 19.3 Å². The van der Waals surface area contributed by atoms with Gasteiger partial charge >= 0.3 is 19.8 Å². The van der Waals surface area contributed by atoms with Gasteiger partial charge in [0.2, 0.25) is 0 Å². The largest absolute Gasteiger partial charge is 0.469 e. The molecule has 2 N–H and O–H groups in total. The van der Waals surface area contributed by atoms with Gasteiger partial charge in [0, 0.05) is 12.8 Å². The summed E-state index contributed by atoms with van der Waals surface area (Å²) in [5.41, 5.74) is 0. The molecule has 0 aromatic heterocycles. The quantitative estimate of drug-likeness (QED) is 0.0325. The predicted molar refractivity (Wildman–Crippen MR) is 175 cm³/mol. The Morgan fingerprint density at radius 1 is 0.581 bits per heavy atom. The van der Waals surface area contributed by atoms with E-state index in [1.807, 2.05) is 0 Å². The molecule has 0 radical (unpaired) electrons. The molecule has 0 saturated heterocycles. The first-order chi connectivity index (χ1) is 20.8. The Balaban J connectivity index is 3.98. The Hall–Kier alpha value is -1.21. The third kappa shape index (κ3) is 33.5. The molecule has 0 aliphatic carbocycles. The molecule has 1 unspecified atom stereocenters. The Morgan fingerprint density at radius 3 is 1.42 bits per heavy atom. The van der Waals surface area contributed by atoms with Gasteiger partial charge in [-0.2, -0.15) is 0 Å². The zero-order valence-corrected chi connectivity index (χ0v) is 28.5.